The van der Waals surface area contributed by atoms with Crippen LogP contribution in [0.2, 0.25) is 0 Å². The largest absolute Gasteiger partial charge is 0.435 e. The number of oxazole rings is 1. The Balaban J connectivity index is 1.16. The lowest BCUT2D eigenvalue weighted by Crippen LogP contribution is -2.01. The molecule has 5 heteroatoms. The molecule has 0 saturated carbocycles. The van der Waals surface area contributed by atoms with Crippen molar-refractivity contribution >= 4 is 54.2 Å². The van der Waals surface area contributed by atoms with E-state index in [-0.39, 0.29) is 0 Å². The molecule has 55 heavy (non-hydrogen) atoms. The molecule has 256 valence electrons. The second kappa shape index (κ2) is 12.6. The summed E-state index contributed by atoms with van der Waals surface area (Å²) in [6, 6.07) is 62.8. The Bertz CT molecular complexity index is 3250. The lowest BCUT2D eigenvalue weighted by atomic mass is 9.93. The molecule has 0 saturated heterocycles. The predicted octanol–water partition coefficient (Wildman–Crippen LogP) is 13.0. The zero-order valence-corrected chi connectivity index (χ0v) is 29.5. The van der Waals surface area contributed by atoms with Crippen molar-refractivity contribution in [2.45, 2.75) is 0 Å². The van der Waals surface area contributed by atoms with Crippen LogP contribution < -0.4 is 0 Å². The summed E-state index contributed by atoms with van der Waals surface area (Å²) in [6.07, 6.45) is 0. The van der Waals surface area contributed by atoms with E-state index in [9.17, 15) is 0 Å². The quantitative estimate of drug-likeness (QED) is 0.167. The summed E-state index contributed by atoms with van der Waals surface area (Å²) in [5.74, 6) is 2.47. The summed E-state index contributed by atoms with van der Waals surface area (Å²) in [4.78, 5) is 20.5. The third kappa shape index (κ3) is 5.17. The van der Waals surface area contributed by atoms with Crippen molar-refractivity contribution in [3.63, 3.8) is 0 Å². The highest BCUT2D eigenvalue weighted by Gasteiger charge is 2.19. The normalized spacial score (nSPS) is 11.6. The molecule has 5 nitrogen and oxygen atoms in total. The second-order valence-electron chi connectivity index (χ2n) is 13.8. The van der Waals surface area contributed by atoms with Crippen LogP contribution in [-0.4, -0.2) is 19.9 Å². The lowest BCUT2D eigenvalue weighted by molar-refractivity contribution is 0.623. The van der Waals surface area contributed by atoms with Crippen molar-refractivity contribution in [2.75, 3.05) is 0 Å². The molecule has 0 aliphatic rings. The van der Waals surface area contributed by atoms with Gasteiger partial charge in [-0.1, -0.05) is 158 Å². The fourth-order valence-electron chi connectivity index (χ4n) is 7.97. The number of aromatic nitrogens is 4. The van der Waals surface area contributed by atoms with Gasteiger partial charge in [0.15, 0.2) is 23.1 Å². The van der Waals surface area contributed by atoms with Gasteiger partial charge < -0.3 is 4.42 Å². The van der Waals surface area contributed by atoms with Gasteiger partial charge in [-0.25, -0.2) is 19.9 Å². The van der Waals surface area contributed by atoms with Crippen LogP contribution in [0.25, 0.3) is 111 Å². The molecule has 11 rings (SSSR count). The minimum Gasteiger partial charge on any atom is -0.435 e. The van der Waals surface area contributed by atoms with Gasteiger partial charge in [0.05, 0.1) is 0 Å². The molecule has 0 radical (unpaired) electrons. The van der Waals surface area contributed by atoms with E-state index < -0.39 is 0 Å². The van der Waals surface area contributed by atoms with Crippen LogP contribution in [0.5, 0.6) is 0 Å². The van der Waals surface area contributed by atoms with Crippen LogP contribution in [-0.2, 0) is 0 Å². The fourth-order valence-corrected chi connectivity index (χ4v) is 7.97. The molecule has 0 aliphatic carbocycles. The van der Waals surface area contributed by atoms with E-state index in [4.69, 9.17) is 24.4 Å². The van der Waals surface area contributed by atoms with Crippen LogP contribution in [0.3, 0.4) is 0 Å². The predicted molar refractivity (Wildman–Crippen MR) is 225 cm³/mol. The fraction of sp³-hybridized carbons (Fsp3) is 0. The Morgan fingerprint density at radius 2 is 0.818 bits per heavy atom. The van der Waals surface area contributed by atoms with Crippen molar-refractivity contribution in [1.29, 1.82) is 0 Å². The number of benzene rings is 9. The van der Waals surface area contributed by atoms with Gasteiger partial charge in [0.25, 0.3) is 0 Å². The van der Waals surface area contributed by atoms with Crippen molar-refractivity contribution in [3.05, 3.63) is 182 Å². The topological polar surface area (TPSA) is 64.7 Å². The first kappa shape index (κ1) is 31.1. The Labute approximate surface area is 316 Å². The number of hydrogen-bond donors (Lipinski definition) is 0. The maximum atomic E-state index is 6.60. The van der Waals surface area contributed by atoms with Gasteiger partial charge in [0, 0.05) is 33.0 Å². The van der Waals surface area contributed by atoms with Crippen molar-refractivity contribution in [2.24, 2.45) is 0 Å². The van der Waals surface area contributed by atoms with E-state index in [0.29, 0.717) is 23.4 Å². The summed E-state index contributed by atoms with van der Waals surface area (Å²) >= 11 is 0. The van der Waals surface area contributed by atoms with Crippen LogP contribution >= 0.6 is 0 Å². The Kier molecular flexibility index (Phi) is 7.10. The molecular formula is C50H30N4O. The van der Waals surface area contributed by atoms with Crippen molar-refractivity contribution in [3.8, 4) is 56.7 Å². The summed E-state index contributed by atoms with van der Waals surface area (Å²) in [7, 11) is 0. The summed E-state index contributed by atoms with van der Waals surface area (Å²) in [6.45, 7) is 0. The molecule has 11 aromatic rings. The van der Waals surface area contributed by atoms with Gasteiger partial charge in [-0.2, -0.15) is 0 Å². The zero-order valence-electron chi connectivity index (χ0n) is 29.5. The first-order valence-corrected chi connectivity index (χ1v) is 18.4. The van der Waals surface area contributed by atoms with Gasteiger partial charge in [-0.05, 0) is 67.7 Å². The Morgan fingerprint density at radius 1 is 0.309 bits per heavy atom. The standard InChI is InChI=1S/C50H30N4O/c1-4-13-31(14-5-1)36-28-29-42(38-20-11-10-19-37(36)38)49-53-47(34-15-6-2-7-16-34)52-48(54-49)41-22-12-21-40-39(41)27-25-32-23-24-33-26-30-43-46(45(33)44(32)40)55-50(51-43)35-17-8-3-9-18-35/h1-30H. The van der Waals surface area contributed by atoms with E-state index in [1.807, 2.05) is 60.7 Å². The molecule has 0 bridgehead atoms. The molecule has 0 amide bonds. The monoisotopic (exact) mass is 702 g/mol. The first-order chi connectivity index (χ1) is 27.3. The molecular weight excluding hydrogens is 673 g/mol. The van der Waals surface area contributed by atoms with Crippen LogP contribution in [0.1, 0.15) is 0 Å². The van der Waals surface area contributed by atoms with E-state index in [1.165, 1.54) is 11.1 Å². The van der Waals surface area contributed by atoms with Gasteiger partial charge in [0.2, 0.25) is 5.89 Å². The third-order valence-electron chi connectivity index (χ3n) is 10.6. The lowest BCUT2D eigenvalue weighted by Gasteiger charge is -2.14. The van der Waals surface area contributed by atoms with Crippen LogP contribution in [0.15, 0.2) is 186 Å². The number of rotatable bonds is 5. The maximum Gasteiger partial charge on any atom is 0.227 e. The molecule has 2 aromatic heterocycles. The van der Waals surface area contributed by atoms with Crippen LogP contribution in [0.4, 0.5) is 0 Å². The summed E-state index contributed by atoms with van der Waals surface area (Å²) in [5, 5.41) is 8.72. The SMILES string of the molecule is c1ccc(-c2nc(-c3ccc(-c4ccccc4)c4ccccc34)nc(-c3cccc4c3ccc3ccc5ccc6nc(-c7ccccc7)oc6c5c34)n2)cc1. The van der Waals surface area contributed by atoms with Crippen molar-refractivity contribution in [1.82, 2.24) is 19.9 Å². The maximum absolute atomic E-state index is 6.60. The van der Waals surface area contributed by atoms with Gasteiger partial charge in [0.1, 0.15) is 5.52 Å². The molecule has 0 spiro atoms. The third-order valence-corrected chi connectivity index (χ3v) is 10.6. The average molecular weight is 703 g/mol. The van der Waals surface area contributed by atoms with E-state index in [2.05, 4.69) is 121 Å². The van der Waals surface area contributed by atoms with Gasteiger partial charge in [-0.3, -0.25) is 0 Å². The minimum absolute atomic E-state index is 0.608. The van der Waals surface area contributed by atoms with Crippen LogP contribution in [0, 0.1) is 0 Å². The molecule has 0 N–H and O–H groups in total. The first-order valence-electron chi connectivity index (χ1n) is 18.4. The molecule has 0 aliphatic heterocycles. The van der Waals surface area contributed by atoms with Crippen molar-refractivity contribution < 1.29 is 4.42 Å². The number of nitrogens with zero attached hydrogens (tertiary/aromatic N) is 4. The van der Waals surface area contributed by atoms with Gasteiger partial charge in [-0.15, -0.1) is 0 Å². The highest BCUT2D eigenvalue weighted by atomic mass is 16.3. The highest BCUT2D eigenvalue weighted by Crippen LogP contribution is 2.41. The molecule has 0 atom stereocenters. The smallest absolute Gasteiger partial charge is 0.227 e. The summed E-state index contributed by atoms with van der Waals surface area (Å²) < 4.78 is 6.60. The second-order valence-corrected chi connectivity index (χ2v) is 13.8. The van der Waals surface area contributed by atoms with E-state index in [1.54, 1.807) is 0 Å². The minimum atomic E-state index is 0.608. The molecule has 2 heterocycles. The van der Waals surface area contributed by atoms with E-state index >= 15 is 0 Å². The Hall–Kier alpha value is -7.50. The molecule has 0 unspecified atom stereocenters. The number of hydrogen-bond acceptors (Lipinski definition) is 5. The molecule has 9 aromatic carbocycles. The zero-order chi connectivity index (χ0) is 36.3. The molecule has 0 fully saturated rings. The van der Waals surface area contributed by atoms with E-state index in [0.717, 1.165) is 76.4 Å². The highest BCUT2D eigenvalue weighted by molar-refractivity contribution is 6.27. The summed E-state index contributed by atoms with van der Waals surface area (Å²) in [5.41, 5.74) is 7.69. The average Bonchev–Trinajstić information content (AvgIpc) is 3.71. The number of fused-ring (bicyclic) bond motifs is 8. The van der Waals surface area contributed by atoms with Gasteiger partial charge >= 0.3 is 0 Å². The Morgan fingerprint density at radius 3 is 1.55 bits per heavy atom.